The molecule has 4 heterocycles. The number of ether oxygens (including phenoxy) is 1. The van der Waals surface area contributed by atoms with Gasteiger partial charge in [-0.1, -0.05) is 0 Å². The Bertz CT molecular complexity index is 1300. The molecule has 1 unspecified atom stereocenters. The maximum atomic E-state index is 14.1. The number of benzene rings is 1. The van der Waals surface area contributed by atoms with Crippen molar-refractivity contribution in [2.45, 2.75) is 51.2 Å². The van der Waals surface area contributed by atoms with E-state index < -0.39 is 21.7 Å². The summed E-state index contributed by atoms with van der Waals surface area (Å²) in [6.45, 7) is 4.51. The molecule has 1 aromatic carbocycles. The van der Waals surface area contributed by atoms with E-state index in [0.717, 1.165) is 29.0 Å². The lowest BCUT2D eigenvalue weighted by atomic mass is 10.0. The van der Waals surface area contributed by atoms with Crippen LogP contribution in [-0.4, -0.2) is 78.6 Å². The molecule has 3 aliphatic heterocycles. The van der Waals surface area contributed by atoms with Crippen molar-refractivity contribution in [1.82, 2.24) is 19.2 Å². The molecular weight excluding hydrogens is 504 g/mol. The standard InChI is InChI=1S/C25H31F2N5O4S/c1-16(33)31-11-8-21-22(15-31)28-24(17-5-12-32(14-17)37(2,34)35)25(29-21)30-9-6-19(7-10-30)36-23-4-3-18(26)13-20(23)27/h3-4,13,17,19H,5-12,14-15H2,1-2H3. The van der Waals surface area contributed by atoms with Gasteiger partial charge < -0.3 is 14.5 Å². The minimum absolute atomic E-state index is 0.0122. The predicted octanol–water partition coefficient (Wildman–Crippen LogP) is 2.46. The van der Waals surface area contributed by atoms with Crippen LogP contribution in [0.5, 0.6) is 5.75 Å². The first kappa shape index (κ1) is 25.8. The van der Waals surface area contributed by atoms with E-state index in [0.29, 0.717) is 65.0 Å². The second-order valence-corrected chi connectivity index (χ2v) is 12.0. The number of amides is 1. The van der Waals surface area contributed by atoms with Crippen molar-refractivity contribution < 1.29 is 26.7 Å². The molecule has 200 valence electrons. The van der Waals surface area contributed by atoms with Gasteiger partial charge in [-0.3, -0.25) is 4.79 Å². The van der Waals surface area contributed by atoms with Crippen LogP contribution in [0.25, 0.3) is 0 Å². The largest absolute Gasteiger partial charge is 0.487 e. The summed E-state index contributed by atoms with van der Waals surface area (Å²) in [5.41, 5.74) is 2.39. The van der Waals surface area contributed by atoms with Gasteiger partial charge in [-0.25, -0.2) is 31.5 Å². The molecule has 0 saturated carbocycles. The Morgan fingerprint density at radius 1 is 1.05 bits per heavy atom. The van der Waals surface area contributed by atoms with Gasteiger partial charge >= 0.3 is 0 Å². The van der Waals surface area contributed by atoms with Gasteiger partial charge in [0.05, 0.1) is 29.9 Å². The van der Waals surface area contributed by atoms with Crippen LogP contribution in [-0.2, 0) is 27.8 Å². The van der Waals surface area contributed by atoms with E-state index >= 15 is 0 Å². The molecule has 0 radical (unpaired) electrons. The van der Waals surface area contributed by atoms with E-state index in [1.807, 2.05) is 0 Å². The van der Waals surface area contributed by atoms with E-state index in [1.165, 1.54) is 22.7 Å². The monoisotopic (exact) mass is 535 g/mol. The highest BCUT2D eigenvalue weighted by Gasteiger charge is 2.35. The van der Waals surface area contributed by atoms with Crippen molar-refractivity contribution in [2.75, 3.05) is 43.9 Å². The van der Waals surface area contributed by atoms with Gasteiger partial charge in [-0.05, 0) is 18.6 Å². The predicted molar refractivity (Wildman–Crippen MR) is 133 cm³/mol. The van der Waals surface area contributed by atoms with Gasteiger partial charge in [0.1, 0.15) is 11.9 Å². The van der Waals surface area contributed by atoms with Crippen molar-refractivity contribution in [3.8, 4) is 5.75 Å². The lowest BCUT2D eigenvalue weighted by molar-refractivity contribution is -0.129. The number of fused-ring (bicyclic) bond motifs is 1. The fraction of sp³-hybridized carbons (Fsp3) is 0.560. The van der Waals surface area contributed by atoms with Crippen LogP contribution in [0, 0.1) is 11.6 Å². The molecular formula is C25H31F2N5O4S. The average molecular weight is 536 g/mol. The number of rotatable bonds is 5. The fourth-order valence-electron chi connectivity index (χ4n) is 5.30. The second kappa shape index (κ2) is 10.1. The number of carbonyl (C=O) groups is 1. The number of hydrogen-bond donors (Lipinski definition) is 0. The SMILES string of the molecule is CC(=O)N1CCc2nc(N3CCC(Oc4ccc(F)cc4F)CC3)c(C3CCN(S(C)(=O)=O)C3)nc2C1. The first-order valence-electron chi connectivity index (χ1n) is 12.6. The smallest absolute Gasteiger partial charge is 0.219 e. The van der Waals surface area contributed by atoms with Gasteiger partial charge in [0.15, 0.2) is 17.4 Å². The van der Waals surface area contributed by atoms with Crippen LogP contribution < -0.4 is 9.64 Å². The number of carbonyl (C=O) groups excluding carboxylic acids is 1. The van der Waals surface area contributed by atoms with Crippen molar-refractivity contribution in [2.24, 2.45) is 0 Å². The quantitative estimate of drug-likeness (QED) is 0.580. The highest BCUT2D eigenvalue weighted by atomic mass is 32.2. The molecule has 2 fully saturated rings. The van der Waals surface area contributed by atoms with Crippen molar-refractivity contribution in [3.05, 3.63) is 46.9 Å². The highest BCUT2D eigenvalue weighted by Crippen LogP contribution is 2.36. The second-order valence-electron chi connectivity index (χ2n) is 10.0. The highest BCUT2D eigenvalue weighted by molar-refractivity contribution is 7.88. The van der Waals surface area contributed by atoms with E-state index in [-0.39, 0.29) is 23.7 Å². The number of nitrogens with zero attached hydrogens (tertiary/aromatic N) is 5. The van der Waals surface area contributed by atoms with Crippen LogP contribution in [0.4, 0.5) is 14.6 Å². The topological polar surface area (TPSA) is 95.9 Å². The third kappa shape index (κ3) is 5.54. The van der Waals surface area contributed by atoms with E-state index in [4.69, 9.17) is 14.7 Å². The Morgan fingerprint density at radius 2 is 1.81 bits per heavy atom. The zero-order valence-electron chi connectivity index (χ0n) is 21.0. The summed E-state index contributed by atoms with van der Waals surface area (Å²) in [6, 6.07) is 3.30. The molecule has 3 aliphatic rings. The fourth-order valence-corrected chi connectivity index (χ4v) is 6.19. The molecule has 2 aromatic rings. The summed E-state index contributed by atoms with van der Waals surface area (Å²) in [7, 11) is -3.31. The van der Waals surface area contributed by atoms with Crippen molar-refractivity contribution in [1.29, 1.82) is 0 Å². The molecule has 1 amide bonds. The molecule has 0 aliphatic carbocycles. The maximum absolute atomic E-state index is 14.1. The number of piperidine rings is 1. The number of anilines is 1. The van der Waals surface area contributed by atoms with Crippen LogP contribution >= 0.6 is 0 Å². The molecule has 0 N–H and O–H groups in total. The van der Waals surface area contributed by atoms with E-state index in [1.54, 1.807) is 11.8 Å². The third-order valence-electron chi connectivity index (χ3n) is 7.40. The lowest BCUT2D eigenvalue weighted by Crippen LogP contribution is -2.41. The average Bonchev–Trinajstić information content (AvgIpc) is 3.36. The molecule has 12 heteroatoms. The number of sulfonamides is 1. The van der Waals surface area contributed by atoms with Crippen LogP contribution in [0.3, 0.4) is 0 Å². The summed E-state index contributed by atoms with van der Waals surface area (Å²) < 4.78 is 58.9. The lowest BCUT2D eigenvalue weighted by Gasteiger charge is -2.35. The van der Waals surface area contributed by atoms with Gasteiger partial charge in [0, 0.05) is 70.9 Å². The van der Waals surface area contributed by atoms with Gasteiger partial charge in [0.25, 0.3) is 0 Å². The molecule has 1 atom stereocenters. The minimum atomic E-state index is -3.31. The molecule has 37 heavy (non-hydrogen) atoms. The number of hydrogen-bond acceptors (Lipinski definition) is 7. The summed E-state index contributed by atoms with van der Waals surface area (Å²) in [4.78, 5) is 25.8. The Hall–Kier alpha value is -2.86. The zero-order valence-corrected chi connectivity index (χ0v) is 21.8. The number of aromatic nitrogens is 2. The van der Waals surface area contributed by atoms with E-state index in [2.05, 4.69) is 4.90 Å². The number of halogens is 2. The van der Waals surface area contributed by atoms with Gasteiger partial charge in [-0.2, -0.15) is 0 Å². The molecule has 1 aromatic heterocycles. The Balaban J connectivity index is 1.38. The van der Waals surface area contributed by atoms with Crippen LogP contribution in [0.2, 0.25) is 0 Å². The molecule has 0 spiro atoms. The molecule has 2 saturated heterocycles. The normalized spacial score (nSPS) is 21.2. The summed E-state index contributed by atoms with van der Waals surface area (Å²) in [5, 5.41) is 0. The summed E-state index contributed by atoms with van der Waals surface area (Å²) in [6.07, 6.45) is 3.49. The van der Waals surface area contributed by atoms with Gasteiger partial charge in [-0.15, -0.1) is 0 Å². The molecule has 0 bridgehead atoms. The first-order valence-corrected chi connectivity index (χ1v) is 14.4. The Labute approximate surface area is 215 Å². The maximum Gasteiger partial charge on any atom is 0.219 e. The van der Waals surface area contributed by atoms with Crippen molar-refractivity contribution >= 4 is 21.7 Å². The van der Waals surface area contributed by atoms with Crippen LogP contribution in [0.1, 0.15) is 49.2 Å². The Morgan fingerprint density at radius 3 is 2.46 bits per heavy atom. The summed E-state index contributed by atoms with van der Waals surface area (Å²) >= 11 is 0. The first-order chi connectivity index (χ1) is 17.6. The zero-order chi connectivity index (χ0) is 26.3. The third-order valence-corrected chi connectivity index (χ3v) is 8.67. The molecule has 5 rings (SSSR count). The minimum Gasteiger partial charge on any atom is -0.487 e. The Kier molecular flexibility index (Phi) is 7.06. The van der Waals surface area contributed by atoms with Crippen LogP contribution in [0.15, 0.2) is 18.2 Å². The molecule has 9 nitrogen and oxygen atoms in total. The van der Waals surface area contributed by atoms with Crippen molar-refractivity contribution in [3.63, 3.8) is 0 Å². The van der Waals surface area contributed by atoms with E-state index in [9.17, 15) is 22.0 Å². The summed E-state index contributed by atoms with van der Waals surface area (Å²) in [5.74, 6) is -0.690. The van der Waals surface area contributed by atoms with Gasteiger partial charge in [0.2, 0.25) is 15.9 Å².